The molecule has 4 nitrogen and oxygen atoms in total. The highest BCUT2D eigenvalue weighted by Gasteiger charge is 2.16. The number of furan rings is 1. The number of nitrogens with one attached hydrogen (secondary N) is 1. The van der Waals surface area contributed by atoms with E-state index in [0.717, 1.165) is 12.3 Å². The van der Waals surface area contributed by atoms with Crippen molar-refractivity contribution in [3.8, 4) is 0 Å². The first-order valence-corrected chi connectivity index (χ1v) is 7.75. The van der Waals surface area contributed by atoms with Gasteiger partial charge < -0.3 is 15.5 Å². The summed E-state index contributed by atoms with van der Waals surface area (Å²) in [5, 5.41) is 3.46. The van der Waals surface area contributed by atoms with Crippen LogP contribution >= 0.6 is 35.9 Å². The van der Waals surface area contributed by atoms with Gasteiger partial charge in [-0.05, 0) is 6.07 Å². The topological polar surface area (TPSA) is 68.3 Å². The van der Waals surface area contributed by atoms with Crippen LogP contribution in [0, 0.1) is 0 Å². The van der Waals surface area contributed by atoms with E-state index in [2.05, 4.69) is 5.32 Å². The van der Waals surface area contributed by atoms with Gasteiger partial charge in [-0.1, -0.05) is 0 Å². The molecule has 1 fully saturated rings. The molecule has 1 atom stereocenters. The molecule has 1 aromatic heterocycles. The van der Waals surface area contributed by atoms with Crippen molar-refractivity contribution < 1.29 is 9.21 Å². The van der Waals surface area contributed by atoms with E-state index in [1.807, 2.05) is 23.5 Å². The van der Waals surface area contributed by atoms with Crippen molar-refractivity contribution in [2.45, 2.75) is 11.8 Å². The highest BCUT2D eigenvalue weighted by atomic mass is 35.5. The Morgan fingerprint density at radius 2 is 2.39 bits per heavy atom. The molecule has 0 radical (unpaired) electrons. The predicted molar refractivity (Wildman–Crippen MR) is 79.8 cm³/mol. The minimum absolute atomic E-state index is 0. The molecule has 0 aliphatic carbocycles. The average Bonchev–Trinajstić information content (AvgIpc) is 2.86. The Morgan fingerprint density at radius 1 is 1.56 bits per heavy atom. The molecule has 1 aliphatic rings. The van der Waals surface area contributed by atoms with Crippen LogP contribution in [-0.4, -0.2) is 35.0 Å². The van der Waals surface area contributed by atoms with E-state index < -0.39 is 0 Å². The predicted octanol–water partition coefficient (Wildman–Crippen LogP) is 1.74. The van der Waals surface area contributed by atoms with Crippen LogP contribution in [0.5, 0.6) is 0 Å². The normalized spacial score (nSPS) is 19.1. The van der Waals surface area contributed by atoms with E-state index in [1.54, 1.807) is 6.07 Å². The fraction of sp³-hybridized carbons (Fsp3) is 0.545. The molecule has 1 saturated heterocycles. The van der Waals surface area contributed by atoms with Crippen LogP contribution in [0.25, 0.3) is 0 Å². The van der Waals surface area contributed by atoms with Gasteiger partial charge in [0.1, 0.15) is 12.0 Å². The number of nitrogens with two attached hydrogens (primary N) is 1. The zero-order valence-electron chi connectivity index (χ0n) is 9.89. The van der Waals surface area contributed by atoms with Gasteiger partial charge >= 0.3 is 0 Å². The van der Waals surface area contributed by atoms with Crippen molar-refractivity contribution in [3.63, 3.8) is 0 Å². The first-order chi connectivity index (χ1) is 8.29. The van der Waals surface area contributed by atoms with Crippen LogP contribution in [0.3, 0.4) is 0 Å². The fourth-order valence-electron chi connectivity index (χ4n) is 1.57. The zero-order valence-corrected chi connectivity index (χ0v) is 12.3. The molecule has 0 bridgehead atoms. The number of rotatable bonds is 4. The Kier molecular flexibility index (Phi) is 6.99. The summed E-state index contributed by atoms with van der Waals surface area (Å²) in [4.78, 5) is 11.8. The first-order valence-electron chi connectivity index (χ1n) is 5.54. The van der Waals surface area contributed by atoms with Crippen LogP contribution in [0.1, 0.15) is 16.1 Å². The van der Waals surface area contributed by atoms with E-state index in [1.165, 1.54) is 17.8 Å². The van der Waals surface area contributed by atoms with Crippen molar-refractivity contribution in [1.29, 1.82) is 0 Å². The second-order valence-electron chi connectivity index (χ2n) is 3.78. The Balaban J connectivity index is 0.00000162. The summed E-state index contributed by atoms with van der Waals surface area (Å²) in [6.45, 7) is 1.04. The van der Waals surface area contributed by atoms with Crippen LogP contribution in [0.15, 0.2) is 16.7 Å². The highest BCUT2D eigenvalue weighted by molar-refractivity contribution is 8.06. The summed E-state index contributed by atoms with van der Waals surface area (Å²) in [5.41, 5.74) is 5.98. The van der Waals surface area contributed by atoms with E-state index in [9.17, 15) is 4.79 Å². The number of thioether (sulfide) groups is 2. The number of carbonyl (C=O) groups is 1. The minimum atomic E-state index is -0.0791. The van der Waals surface area contributed by atoms with Crippen molar-refractivity contribution in [1.82, 2.24) is 5.32 Å². The largest absolute Gasteiger partial charge is 0.467 e. The van der Waals surface area contributed by atoms with Crippen molar-refractivity contribution >= 4 is 41.8 Å². The van der Waals surface area contributed by atoms with Gasteiger partial charge in [-0.15, -0.1) is 12.4 Å². The lowest BCUT2D eigenvalue weighted by molar-refractivity contribution is 0.0953. The average molecular weight is 309 g/mol. The molecule has 2 rings (SSSR count). The van der Waals surface area contributed by atoms with Gasteiger partial charge in [-0.25, -0.2) is 0 Å². The molecule has 1 aromatic rings. The molecule has 2 heterocycles. The van der Waals surface area contributed by atoms with E-state index >= 15 is 0 Å². The van der Waals surface area contributed by atoms with Gasteiger partial charge in [0.2, 0.25) is 0 Å². The Bertz CT molecular complexity index is 381. The molecule has 1 aliphatic heterocycles. The SMILES string of the molecule is Cl.NCc1cc(C(=O)NCC2CSCCS2)co1. The molecular weight excluding hydrogens is 292 g/mol. The number of halogens is 1. The van der Waals surface area contributed by atoms with Crippen molar-refractivity contribution in [2.24, 2.45) is 5.73 Å². The molecule has 1 amide bonds. The van der Waals surface area contributed by atoms with Gasteiger partial charge in [0, 0.05) is 29.1 Å². The van der Waals surface area contributed by atoms with Gasteiger partial charge in [-0.3, -0.25) is 4.79 Å². The maximum absolute atomic E-state index is 11.8. The van der Waals surface area contributed by atoms with Gasteiger partial charge in [0.05, 0.1) is 12.1 Å². The fourth-order valence-corrected chi connectivity index (χ4v) is 4.18. The standard InChI is InChI=1S/C11H16N2O2S2.ClH/c12-4-9-3-8(6-15-9)11(14)13-5-10-7-16-1-2-17-10;/h3,6,10H,1-2,4-5,7,12H2,(H,13,14);1H. The second kappa shape index (κ2) is 7.99. The summed E-state index contributed by atoms with van der Waals surface area (Å²) < 4.78 is 5.13. The number of hydrogen-bond acceptors (Lipinski definition) is 5. The van der Waals surface area contributed by atoms with E-state index in [0.29, 0.717) is 23.1 Å². The lowest BCUT2D eigenvalue weighted by atomic mass is 10.3. The summed E-state index contributed by atoms with van der Waals surface area (Å²) in [6.07, 6.45) is 1.46. The van der Waals surface area contributed by atoms with Crippen molar-refractivity contribution in [3.05, 3.63) is 23.7 Å². The van der Waals surface area contributed by atoms with Crippen molar-refractivity contribution in [2.75, 3.05) is 23.8 Å². The monoisotopic (exact) mass is 308 g/mol. The summed E-state index contributed by atoms with van der Waals surface area (Å²) >= 11 is 3.88. The number of hydrogen-bond donors (Lipinski definition) is 2. The molecule has 18 heavy (non-hydrogen) atoms. The first kappa shape index (κ1) is 15.8. The maximum atomic E-state index is 11.8. The van der Waals surface area contributed by atoms with Crippen LogP contribution in [-0.2, 0) is 6.54 Å². The Labute approximate surface area is 121 Å². The van der Waals surface area contributed by atoms with Crippen LogP contribution in [0.2, 0.25) is 0 Å². The summed E-state index contributed by atoms with van der Waals surface area (Å²) in [5.74, 6) is 4.07. The Hall–Kier alpha value is -0.300. The maximum Gasteiger partial charge on any atom is 0.254 e. The molecule has 1 unspecified atom stereocenters. The smallest absolute Gasteiger partial charge is 0.254 e. The second-order valence-corrected chi connectivity index (χ2v) is 6.34. The van der Waals surface area contributed by atoms with E-state index in [4.69, 9.17) is 10.2 Å². The number of carbonyl (C=O) groups excluding carboxylic acids is 1. The number of amides is 1. The summed E-state index contributed by atoms with van der Waals surface area (Å²) in [7, 11) is 0. The molecule has 7 heteroatoms. The van der Waals surface area contributed by atoms with Crippen LogP contribution in [0.4, 0.5) is 0 Å². The highest BCUT2D eigenvalue weighted by Crippen LogP contribution is 2.23. The molecule has 0 aromatic carbocycles. The third-order valence-electron chi connectivity index (χ3n) is 2.49. The van der Waals surface area contributed by atoms with Gasteiger partial charge in [-0.2, -0.15) is 23.5 Å². The lowest BCUT2D eigenvalue weighted by Crippen LogP contribution is -2.33. The third kappa shape index (κ3) is 4.42. The van der Waals surface area contributed by atoms with Crippen LogP contribution < -0.4 is 11.1 Å². The third-order valence-corrected chi connectivity index (χ3v) is 5.34. The zero-order chi connectivity index (χ0) is 12.1. The molecular formula is C11H17ClN2O2S2. The Morgan fingerprint density at radius 3 is 3.00 bits per heavy atom. The lowest BCUT2D eigenvalue weighted by Gasteiger charge is -2.20. The van der Waals surface area contributed by atoms with Gasteiger partial charge in [0.15, 0.2) is 0 Å². The van der Waals surface area contributed by atoms with E-state index in [-0.39, 0.29) is 18.3 Å². The summed E-state index contributed by atoms with van der Waals surface area (Å²) in [6, 6.07) is 1.69. The molecule has 3 N–H and O–H groups in total. The molecule has 0 saturated carbocycles. The van der Waals surface area contributed by atoms with Gasteiger partial charge in [0.25, 0.3) is 5.91 Å². The minimum Gasteiger partial charge on any atom is -0.467 e. The quantitative estimate of drug-likeness (QED) is 0.887. The molecule has 0 spiro atoms. The molecule has 102 valence electrons.